The molecule has 0 saturated carbocycles. The second-order valence-electron chi connectivity index (χ2n) is 9.44. The van der Waals surface area contributed by atoms with Crippen LogP contribution in [0.2, 0.25) is 0 Å². The number of nitrogens with zero attached hydrogens (tertiary/aromatic N) is 6. The number of aryl methyl sites for hydroxylation is 8. The first-order valence-corrected chi connectivity index (χ1v) is 11.7. The van der Waals surface area contributed by atoms with Crippen LogP contribution in [0.25, 0.3) is 11.1 Å². The summed E-state index contributed by atoms with van der Waals surface area (Å²) in [5.41, 5.74) is 7.11. The van der Waals surface area contributed by atoms with Crippen LogP contribution in [0.15, 0.2) is 59.0 Å². The van der Waals surface area contributed by atoms with E-state index in [0.29, 0.717) is 23.0 Å². The van der Waals surface area contributed by atoms with Crippen molar-refractivity contribution in [2.24, 2.45) is 38.2 Å². The minimum absolute atomic E-state index is 0.280. The van der Waals surface area contributed by atoms with Crippen LogP contribution in [-0.4, -0.2) is 20.9 Å². The molecule has 2 heterocycles. The van der Waals surface area contributed by atoms with Crippen molar-refractivity contribution >= 4 is 23.2 Å². The van der Waals surface area contributed by atoms with Gasteiger partial charge in [-0.3, -0.25) is 9.98 Å². The van der Waals surface area contributed by atoms with Gasteiger partial charge in [-0.25, -0.2) is 18.3 Å². The lowest BCUT2D eigenvalue weighted by atomic mass is 9.95. The van der Waals surface area contributed by atoms with Gasteiger partial charge in [-0.1, -0.05) is 0 Å². The average molecular weight is 485 g/mol. The second kappa shape index (κ2) is 9.45. The molecule has 4 aromatic rings. The van der Waals surface area contributed by atoms with Crippen molar-refractivity contribution in [2.75, 3.05) is 0 Å². The second-order valence-corrected chi connectivity index (χ2v) is 9.44. The molecule has 0 saturated heterocycles. The first-order chi connectivity index (χ1) is 17.0. The number of hydrogen-bond donors (Lipinski definition) is 0. The largest absolute Gasteiger partial charge is 0.853 e. The molecule has 0 unspecified atom stereocenters. The fourth-order valence-electron chi connectivity index (χ4n) is 4.68. The van der Waals surface area contributed by atoms with Crippen LogP contribution in [0.5, 0.6) is 0 Å². The van der Waals surface area contributed by atoms with E-state index >= 15 is 0 Å². The predicted molar refractivity (Wildman–Crippen MR) is 136 cm³/mol. The summed E-state index contributed by atoms with van der Waals surface area (Å²) in [6.45, 7) is 7.87. The van der Waals surface area contributed by atoms with E-state index in [4.69, 9.17) is 0 Å². The van der Waals surface area contributed by atoms with Gasteiger partial charge in [0.1, 0.15) is 24.8 Å². The molecule has 2 aromatic heterocycles. The molecule has 0 aliphatic heterocycles. The summed E-state index contributed by atoms with van der Waals surface area (Å²) in [6.07, 6.45) is 7.33. The Morgan fingerprint density at radius 3 is 1.19 bits per heavy atom. The van der Waals surface area contributed by atoms with Gasteiger partial charge in [-0.2, -0.15) is 0 Å². The van der Waals surface area contributed by atoms with E-state index in [2.05, 4.69) is 9.98 Å². The van der Waals surface area contributed by atoms with Gasteiger partial charge >= 0.3 is 0 Å². The monoisotopic (exact) mass is 484 g/mol. The van der Waals surface area contributed by atoms with Crippen LogP contribution in [0.1, 0.15) is 33.9 Å². The van der Waals surface area contributed by atoms with E-state index in [-0.39, 0.29) is 11.8 Å². The lowest BCUT2D eigenvalue weighted by Gasteiger charge is -2.15. The zero-order valence-electron chi connectivity index (χ0n) is 22.1. The SMILES string of the molecule is Cc1cc(-c2cc(C)c(/N=C(\[O-])c3n(C)cc[n+]3C)c(C)c2)cc(C)c1/N=C(\[O-])c1n(C)cc[n+]1C. The van der Waals surface area contributed by atoms with Crippen molar-refractivity contribution < 1.29 is 19.3 Å². The summed E-state index contributed by atoms with van der Waals surface area (Å²) in [6, 6.07) is 8.18. The Morgan fingerprint density at radius 1 is 0.639 bits per heavy atom. The summed E-state index contributed by atoms with van der Waals surface area (Å²) in [5, 5.41) is 25.7. The van der Waals surface area contributed by atoms with Gasteiger partial charge in [0.05, 0.1) is 51.4 Å². The van der Waals surface area contributed by atoms with Crippen LogP contribution in [0, 0.1) is 27.7 Å². The summed E-state index contributed by atoms with van der Waals surface area (Å²) >= 11 is 0. The van der Waals surface area contributed by atoms with Crippen molar-refractivity contribution in [1.82, 2.24) is 9.13 Å². The molecular formula is C28H32N6O2. The summed E-state index contributed by atoms with van der Waals surface area (Å²) < 4.78 is 7.08. The molecule has 0 bridgehead atoms. The molecule has 0 N–H and O–H groups in total. The minimum Gasteiger partial charge on any atom is -0.853 e. The molecule has 0 aliphatic carbocycles. The Kier molecular flexibility index (Phi) is 6.54. The fraction of sp³-hybridized carbons (Fsp3) is 0.286. The highest BCUT2D eigenvalue weighted by Crippen LogP contribution is 2.34. The highest BCUT2D eigenvalue weighted by atomic mass is 16.3. The van der Waals surface area contributed by atoms with Gasteiger partial charge in [-0.15, -0.1) is 0 Å². The highest BCUT2D eigenvalue weighted by Gasteiger charge is 2.15. The lowest BCUT2D eigenvalue weighted by Crippen LogP contribution is -2.39. The third-order valence-corrected chi connectivity index (χ3v) is 6.49. The van der Waals surface area contributed by atoms with E-state index in [9.17, 15) is 10.2 Å². The number of imidazole rings is 2. The summed E-state index contributed by atoms with van der Waals surface area (Å²) in [7, 11) is 7.33. The fourth-order valence-corrected chi connectivity index (χ4v) is 4.68. The smallest absolute Gasteiger partial charge is 0.292 e. The number of hydrogen-bond acceptors (Lipinski definition) is 4. The van der Waals surface area contributed by atoms with Crippen molar-refractivity contribution in [3.63, 3.8) is 0 Å². The van der Waals surface area contributed by atoms with Crippen molar-refractivity contribution in [3.05, 3.63) is 83.0 Å². The molecule has 0 spiro atoms. The Labute approximate surface area is 211 Å². The highest BCUT2D eigenvalue weighted by molar-refractivity contribution is 5.89. The van der Waals surface area contributed by atoms with Gasteiger partial charge in [0.25, 0.3) is 11.6 Å². The lowest BCUT2D eigenvalue weighted by molar-refractivity contribution is -0.674. The van der Waals surface area contributed by atoms with Gasteiger partial charge in [-0.05, 0) is 85.3 Å². The Balaban J connectivity index is 1.72. The molecule has 0 amide bonds. The van der Waals surface area contributed by atoms with Crippen LogP contribution in [-0.2, 0) is 28.2 Å². The van der Waals surface area contributed by atoms with E-state index in [1.807, 2.05) is 105 Å². The molecule has 36 heavy (non-hydrogen) atoms. The molecule has 0 radical (unpaired) electrons. The maximum Gasteiger partial charge on any atom is 0.292 e. The third-order valence-electron chi connectivity index (χ3n) is 6.49. The minimum atomic E-state index is -0.280. The normalized spacial score (nSPS) is 12.4. The summed E-state index contributed by atoms with van der Waals surface area (Å²) in [4.78, 5) is 8.88. The molecular weight excluding hydrogens is 452 g/mol. The number of aromatic nitrogens is 4. The van der Waals surface area contributed by atoms with E-state index < -0.39 is 0 Å². The molecule has 8 nitrogen and oxygen atoms in total. The van der Waals surface area contributed by atoms with E-state index in [0.717, 1.165) is 33.4 Å². The predicted octanol–water partition coefficient (Wildman–Crippen LogP) is 1.79. The maximum absolute atomic E-state index is 12.9. The Hall–Kier alpha value is -4.20. The van der Waals surface area contributed by atoms with E-state index in [1.165, 1.54) is 0 Å². The van der Waals surface area contributed by atoms with Crippen molar-refractivity contribution in [3.8, 4) is 11.1 Å². The van der Waals surface area contributed by atoms with Gasteiger partial charge in [0.2, 0.25) is 0 Å². The van der Waals surface area contributed by atoms with Crippen LogP contribution in [0.4, 0.5) is 11.4 Å². The summed E-state index contributed by atoms with van der Waals surface area (Å²) in [5.74, 6) is 0.472. The molecule has 0 fully saturated rings. The number of benzene rings is 2. The average Bonchev–Trinajstić information content (AvgIpc) is 3.32. The van der Waals surface area contributed by atoms with Gasteiger partial charge in [0, 0.05) is 0 Å². The molecule has 0 aliphatic rings. The van der Waals surface area contributed by atoms with Crippen LogP contribution >= 0.6 is 0 Å². The first kappa shape index (κ1) is 24.9. The van der Waals surface area contributed by atoms with E-state index in [1.54, 1.807) is 18.3 Å². The molecule has 0 atom stereocenters. The quantitative estimate of drug-likeness (QED) is 0.246. The number of rotatable bonds is 5. The third kappa shape index (κ3) is 4.54. The maximum atomic E-state index is 12.9. The molecule has 2 aromatic carbocycles. The Morgan fingerprint density at radius 2 is 0.944 bits per heavy atom. The first-order valence-electron chi connectivity index (χ1n) is 11.7. The van der Waals surface area contributed by atoms with Gasteiger partial charge in [0.15, 0.2) is 0 Å². The Bertz CT molecular complexity index is 1340. The zero-order valence-corrected chi connectivity index (χ0v) is 22.1. The standard InChI is InChI=1S/C28H32N6O2/c1-17-13-21(14-18(2)23(17)29-25(35)27-31(5)9-10-32(27)6)22-15-19(3)24(20(4)16-22)30-26(36)28-33(7)11-12-34(28)8/h9-16H,1-8H3. The van der Waals surface area contributed by atoms with Crippen molar-refractivity contribution in [2.45, 2.75) is 27.7 Å². The molecule has 4 rings (SSSR count). The van der Waals surface area contributed by atoms with Crippen molar-refractivity contribution in [1.29, 1.82) is 0 Å². The zero-order chi connectivity index (χ0) is 26.3. The molecule has 186 valence electrons. The van der Waals surface area contributed by atoms with Gasteiger partial charge < -0.3 is 10.2 Å². The molecule has 8 heteroatoms. The van der Waals surface area contributed by atoms with Crippen LogP contribution < -0.4 is 19.3 Å². The van der Waals surface area contributed by atoms with Crippen LogP contribution in [0.3, 0.4) is 0 Å². The number of aliphatic imine (C=N–C) groups is 2. The topological polar surface area (TPSA) is 88.5 Å².